The van der Waals surface area contributed by atoms with Gasteiger partial charge in [0.1, 0.15) is 17.2 Å². The quantitative estimate of drug-likeness (QED) is 0.207. The Morgan fingerprint density at radius 3 is 2.04 bits per heavy atom. The number of carbonyl (C=O) groups is 1. The summed E-state index contributed by atoms with van der Waals surface area (Å²) in [6.45, 7) is 6.03. The smallest absolute Gasteiger partial charge is 0.453 e. The maximum Gasteiger partial charge on any atom is 0.453 e. The van der Waals surface area contributed by atoms with Gasteiger partial charge >= 0.3 is 6.18 Å². The number of tetrazole rings is 1. The molecule has 16 heteroatoms. The first-order valence-electron chi connectivity index (χ1n) is 15.6. The maximum absolute atomic E-state index is 13.8. The van der Waals surface area contributed by atoms with Crippen molar-refractivity contribution in [1.82, 2.24) is 34.9 Å². The number of hydrogen-bond donors (Lipinski definition) is 0. The highest BCUT2D eigenvalue weighted by Gasteiger charge is 2.43. The maximum atomic E-state index is 13.8. The van der Waals surface area contributed by atoms with Crippen molar-refractivity contribution in [2.75, 3.05) is 53.5 Å². The minimum Gasteiger partial charge on any atom is -0.496 e. The highest BCUT2D eigenvalue weighted by molar-refractivity contribution is 5.86. The Hall–Kier alpha value is -3.46. The number of nitrogens with zero attached hydrogens (tertiary/aromatic N) is 7. The predicted octanol–water partition coefficient (Wildman–Crippen LogP) is 5.56. The molecule has 0 bridgehead atoms. The minimum absolute atomic E-state index is 0. The molecule has 2 aliphatic rings. The molecule has 10 nitrogen and oxygen atoms in total. The van der Waals surface area contributed by atoms with Gasteiger partial charge in [-0.3, -0.25) is 19.5 Å². The van der Waals surface area contributed by atoms with Gasteiger partial charge in [0.15, 0.2) is 5.75 Å². The van der Waals surface area contributed by atoms with E-state index >= 15 is 0 Å². The summed E-state index contributed by atoms with van der Waals surface area (Å²) in [5, 5.41) is 10.2. The number of methoxy groups -OCH3 is 2. The number of carbonyl (C=O) groups excluding carboxylic acids is 1. The van der Waals surface area contributed by atoms with Crippen LogP contribution in [0, 0.1) is 0 Å². The van der Waals surface area contributed by atoms with E-state index in [1.807, 2.05) is 12.1 Å². The van der Waals surface area contributed by atoms with Crippen LogP contribution in [0.25, 0.3) is 5.69 Å². The van der Waals surface area contributed by atoms with E-state index in [0.717, 1.165) is 19.6 Å². The van der Waals surface area contributed by atoms with E-state index in [1.54, 1.807) is 13.0 Å². The van der Waals surface area contributed by atoms with Crippen LogP contribution in [0.15, 0.2) is 72.8 Å². The topological polar surface area (TPSA) is 88.8 Å². The van der Waals surface area contributed by atoms with Crippen molar-refractivity contribution in [3.8, 4) is 17.2 Å². The molecular formula is C34H41Cl3F3N7O3. The summed E-state index contributed by atoms with van der Waals surface area (Å²) < 4.78 is 53.6. The Morgan fingerprint density at radius 2 is 1.48 bits per heavy atom. The van der Waals surface area contributed by atoms with Crippen molar-refractivity contribution in [3.05, 3.63) is 95.3 Å². The summed E-state index contributed by atoms with van der Waals surface area (Å²) in [7, 11) is 2.94. The van der Waals surface area contributed by atoms with E-state index in [-0.39, 0.29) is 72.4 Å². The molecule has 2 aliphatic heterocycles. The fourth-order valence-corrected chi connectivity index (χ4v) is 7.20. The highest BCUT2D eigenvalue weighted by atomic mass is 35.5. The van der Waals surface area contributed by atoms with E-state index in [2.05, 4.69) is 78.8 Å². The summed E-state index contributed by atoms with van der Waals surface area (Å²) in [5.74, 6) is -0.391. The third kappa shape index (κ3) is 8.70. The highest BCUT2D eigenvalue weighted by Crippen LogP contribution is 2.40. The van der Waals surface area contributed by atoms with E-state index in [4.69, 9.17) is 9.47 Å². The van der Waals surface area contributed by atoms with Gasteiger partial charge in [0.05, 0.1) is 26.3 Å². The Kier molecular flexibility index (Phi) is 14.5. The minimum atomic E-state index is -4.77. The lowest BCUT2D eigenvalue weighted by Gasteiger charge is -2.53. The monoisotopic (exact) mass is 757 g/mol. The number of Topliss-reactive ketones (excluding diaryl/α,β-unsaturated/α-hetero) is 1. The molecule has 50 heavy (non-hydrogen) atoms. The van der Waals surface area contributed by atoms with Crippen LogP contribution in [0.4, 0.5) is 13.2 Å². The standard InChI is InChI=1S/C34H38F3N7O3.3ClH/c1-23(45)18-41-16-17-43-26(19-41)20-42(22-29(43)31(24-10-6-4-7-11-24)25-12-8-5-9-13-25)21-27-30(46-2)15-14-28(32(27)47-3)44-33(34(35,36)37)38-39-40-44;;;/h4-15,26,29,31H,16-22H2,1-3H3;3*1H/t26-,29-;;;/m0.../s1. The number of rotatable bonds is 10. The summed E-state index contributed by atoms with van der Waals surface area (Å²) in [6, 6.07) is 24.2. The molecule has 4 aromatic rings. The van der Waals surface area contributed by atoms with Crippen molar-refractivity contribution >= 4 is 43.0 Å². The predicted molar refractivity (Wildman–Crippen MR) is 190 cm³/mol. The average Bonchev–Trinajstić information content (AvgIpc) is 3.56. The fraction of sp³-hybridized carbons (Fsp3) is 0.412. The Morgan fingerprint density at radius 1 is 0.860 bits per heavy atom. The third-order valence-corrected chi connectivity index (χ3v) is 9.05. The summed E-state index contributed by atoms with van der Waals surface area (Å²) in [4.78, 5) is 19.2. The van der Waals surface area contributed by atoms with Crippen LogP contribution in [0.1, 0.15) is 35.4 Å². The van der Waals surface area contributed by atoms with E-state index in [9.17, 15) is 18.0 Å². The molecule has 2 saturated heterocycles. The number of ketones is 1. The lowest BCUT2D eigenvalue weighted by Crippen LogP contribution is -2.67. The van der Waals surface area contributed by atoms with Gasteiger partial charge in [0, 0.05) is 57.3 Å². The molecule has 0 unspecified atom stereocenters. The van der Waals surface area contributed by atoms with Gasteiger partial charge in [0.2, 0.25) is 0 Å². The lowest BCUT2D eigenvalue weighted by atomic mass is 9.81. The molecule has 0 radical (unpaired) electrons. The average molecular weight is 759 g/mol. The van der Waals surface area contributed by atoms with Crippen molar-refractivity contribution in [1.29, 1.82) is 0 Å². The SMILES string of the molecule is COc1ccc(-n2nnnc2C(F)(F)F)c(OC)c1CN1C[C@@H]2CN(CC(C)=O)CCN2[C@H](C(c2ccccc2)c2ccccc2)C1.Cl.Cl.Cl. The number of aromatic nitrogens is 4. The van der Waals surface area contributed by atoms with Crippen LogP contribution < -0.4 is 9.47 Å². The number of hydrogen-bond acceptors (Lipinski definition) is 9. The zero-order chi connectivity index (χ0) is 33.1. The molecule has 0 N–H and O–H groups in total. The molecule has 2 atom stereocenters. The zero-order valence-corrected chi connectivity index (χ0v) is 30.3. The molecule has 3 heterocycles. The lowest BCUT2D eigenvalue weighted by molar-refractivity contribution is -0.146. The normalized spacial score (nSPS) is 18.3. The molecule has 0 amide bonds. The Balaban J connectivity index is 0.00000225. The van der Waals surface area contributed by atoms with Crippen LogP contribution in [-0.2, 0) is 17.5 Å². The number of ether oxygens (including phenoxy) is 2. The van der Waals surface area contributed by atoms with Crippen LogP contribution in [0.2, 0.25) is 0 Å². The third-order valence-electron chi connectivity index (χ3n) is 9.05. The van der Waals surface area contributed by atoms with Crippen LogP contribution in [0.3, 0.4) is 0 Å². The second-order valence-electron chi connectivity index (χ2n) is 12.1. The summed E-state index contributed by atoms with van der Waals surface area (Å²) in [6.07, 6.45) is -4.77. The molecule has 1 aromatic heterocycles. The molecule has 6 rings (SSSR count). The summed E-state index contributed by atoms with van der Waals surface area (Å²) in [5.41, 5.74) is 3.06. The van der Waals surface area contributed by atoms with E-state index in [0.29, 0.717) is 42.2 Å². The van der Waals surface area contributed by atoms with E-state index in [1.165, 1.54) is 31.4 Å². The largest absolute Gasteiger partial charge is 0.496 e. The van der Waals surface area contributed by atoms with Gasteiger partial charge in [-0.1, -0.05) is 60.7 Å². The van der Waals surface area contributed by atoms with Crippen LogP contribution >= 0.6 is 37.2 Å². The van der Waals surface area contributed by atoms with Crippen molar-refractivity contribution in [3.63, 3.8) is 0 Å². The van der Waals surface area contributed by atoms with Gasteiger partial charge in [-0.2, -0.15) is 17.9 Å². The Bertz CT molecular complexity index is 1650. The first-order valence-corrected chi connectivity index (χ1v) is 15.6. The van der Waals surface area contributed by atoms with Gasteiger partial charge < -0.3 is 9.47 Å². The van der Waals surface area contributed by atoms with Crippen LogP contribution in [-0.4, -0.2) is 106 Å². The second kappa shape index (κ2) is 17.7. The molecule has 0 spiro atoms. The molecular weight excluding hydrogens is 718 g/mol. The zero-order valence-electron chi connectivity index (χ0n) is 27.8. The second-order valence-corrected chi connectivity index (χ2v) is 12.1. The first kappa shape index (κ1) is 41.0. The number of alkyl halides is 3. The molecule has 0 aliphatic carbocycles. The molecule has 0 saturated carbocycles. The first-order chi connectivity index (χ1) is 22.7. The van der Waals surface area contributed by atoms with Crippen molar-refractivity contribution in [2.45, 2.75) is 37.6 Å². The fourth-order valence-electron chi connectivity index (χ4n) is 7.20. The number of halogens is 6. The van der Waals surface area contributed by atoms with Gasteiger partial charge in [-0.05, 0) is 40.6 Å². The molecule has 3 aromatic carbocycles. The van der Waals surface area contributed by atoms with Crippen molar-refractivity contribution in [2.24, 2.45) is 0 Å². The van der Waals surface area contributed by atoms with Crippen LogP contribution in [0.5, 0.6) is 11.5 Å². The Labute approximate surface area is 308 Å². The number of benzene rings is 3. The molecule has 272 valence electrons. The van der Waals surface area contributed by atoms with E-state index < -0.39 is 12.0 Å². The number of piperazine rings is 2. The van der Waals surface area contributed by atoms with Crippen molar-refractivity contribution < 1.29 is 27.4 Å². The van der Waals surface area contributed by atoms with Gasteiger partial charge in [-0.25, -0.2) is 0 Å². The molecule has 2 fully saturated rings. The summed E-state index contributed by atoms with van der Waals surface area (Å²) >= 11 is 0. The number of fused-ring (bicyclic) bond motifs is 1. The van der Waals surface area contributed by atoms with Gasteiger partial charge in [-0.15, -0.1) is 42.3 Å². The van der Waals surface area contributed by atoms with Gasteiger partial charge in [0.25, 0.3) is 5.82 Å².